The summed E-state index contributed by atoms with van der Waals surface area (Å²) in [5.41, 5.74) is 0.0898. The van der Waals surface area contributed by atoms with E-state index in [2.05, 4.69) is 22.6 Å². The molecule has 2 rings (SSSR count). The van der Waals surface area contributed by atoms with Crippen molar-refractivity contribution in [1.82, 2.24) is 4.90 Å². The summed E-state index contributed by atoms with van der Waals surface area (Å²) >= 11 is 3.75. The number of amides is 1. The Balaban J connectivity index is 2.03. The van der Waals surface area contributed by atoms with Crippen molar-refractivity contribution in [3.05, 3.63) is 19.9 Å². The first-order chi connectivity index (χ1) is 9.48. The molecule has 1 aromatic heterocycles. The molecule has 1 saturated heterocycles. The molecular formula is C14H18INO3S. The lowest BCUT2D eigenvalue weighted by atomic mass is 9.75. The molecule has 1 aliphatic rings. The lowest BCUT2D eigenvalue weighted by molar-refractivity contribution is -0.152. The third kappa shape index (κ3) is 3.16. The van der Waals surface area contributed by atoms with Crippen molar-refractivity contribution in [2.45, 2.75) is 32.6 Å². The third-order valence-corrected chi connectivity index (χ3v) is 5.79. The highest BCUT2D eigenvalue weighted by molar-refractivity contribution is 14.1. The van der Waals surface area contributed by atoms with E-state index in [0.29, 0.717) is 32.4 Å². The Kier molecular flexibility index (Phi) is 5.06. The average Bonchev–Trinajstić information content (AvgIpc) is 2.85. The summed E-state index contributed by atoms with van der Waals surface area (Å²) in [6.07, 6.45) is 2.68. The first-order valence-corrected chi connectivity index (χ1v) is 8.71. The van der Waals surface area contributed by atoms with Gasteiger partial charge in [-0.2, -0.15) is 0 Å². The first kappa shape index (κ1) is 15.8. The summed E-state index contributed by atoms with van der Waals surface area (Å²) < 4.78 is 1.09. The fraction of sp³-hybridized carbons (Fsp3) is 0.571. The minimum atomic E-state index is -0.712. The second kappa shape index (κ2) is 6.43. The fourth-order valence-electron chi connectivity index (χ4n) is 2.79. The molecule has 0 unspecified atom stereocenters. The number of piperidine rings is 1. The van der Waals surface area contributed by atoms with Crippen molar-refractivity contribution in [2.75, 3.05) is 13.1 Å². The maximum atomic E-state index is 12.3. The molecule has 1 fully saturated rings. The van der Waals surface area contributed by atoms with Crippen molar-refractivity contribution in [3.8, 4) is 0 Å². The molecule has 0 saturated carbocycles. The smallest absolute Gasteiger partial charge is 0.309 e. The number of hydrogen-bond acceptors (Lipinski definition) is 3. The topological polar surface area (TPSA) is 57.6 Å². The Morgan fingerprint density at radius 3 is 2.55 bits per heavy atom. The van der Waals surface area contributed by atoms with Crippen LogP contribution in [0.2, 0.25) is 0 Å². The van der Waals surface area contributed by atoms with Gasteiger partial charge in [-0.1, -0.05) is 13.3 Å². The molecule has 2 heterocycles. The van der Waals surface area contributed by atoms with Crippen molar-refractivity contribution in [3.63, 3.8) is 0 Å². The minimum Gasteiger partial charge on any atom is -0.481 e. The normalized spacial score (nSPS) is 18.0. The highest BCUT2D eigenvalue weighted by atomic mass is 127. The Morgan fingerprint density at radius 2 is 2.10 bits per heavy atom. The Bertz CT molecular complexity index is 506. The third-order valence-electron chi connectivity index (χ3n) is 4.00. The largest absolute Gasteiger partial charge is 0.481 e. The quantitative estimate of drug-likeness (QED) is 0.778. The van der Waals surface area contributed by atoms with Crippen LogP contribution in [0.15, 0.2) is 11.4 Å². The molecule has 6 heteroatoms. The number of aliphatic carboxylic acids is 1. The van der Waals surface area contributed by atoms with E-state index in [1.807, 2.05) is 18.4 Å². The van der Waals surface area contributed by atoms with Gasteiger partial charge in [-0.15, -0.1) is 11.3 Å². The van der Waals surface area contributed by atoms with Gasteiger partial charge in [-0.05, 0) is 47.9 Å². The molecule has 0 aliphatic carbocycles. The van der Waals surface area contributed by atoms with Crippen LogP contribution in [0.25, 0.3) is 0 Å². The van der Waals surface area contributed by atoms with E-state index in [1.54, 1.807) is 16.2 Å². The lowest BCUT2D eigenvalue weighted by Gasteiger charge is -2.38. The van der Waals surface area contributed by atoms with Crippen molar-refractivity contribution < 1.29 is 14.7 Å². The van der Waals surface area contributed by atoms with Gasteiger partial charge in [0.1, 0.15) is 0 Å². The van der Waals surface area contributed by atoms with Crippen molar-refractivity contribution in [1.29, 1.82) is 0 Å². The number of thiophene rings is 1. The number of carbonyl (C=O) groups excluding carboxylic acids is 1. The summed E-state index contributed by atoms with van der Waals surface area (Å²) in [5, 5.41) is 11.3. The molecule has 0 aromatic carbocycles. The van der Waals surface area contributed by atoms with E-state index >= 15 is 0 Å². The second-order valence-electron chi connectivity index (χ2n) is 5.27. The van der Waals surface area contributed by atoms with Crippen molar-refractivity contribution in [2.24, 2.45) is 5.41 Å². The minimum absolute atomic E-state index is 0.0275. The van der Waals surface area contributed by atoms with Gasteiger partial charge in [0.15, 0.2) is 0 Å². The average molecular weight is 407 g/mol. The lowest BCUT2D eigenvalue weighted by Crippen LogP contribution is -2.46. The predicted molar refractivity (Wildman–Crippen MR) is 87.2 cm³/mol. The molecule has 1 N–H and O–H groups in total. The van der Waals surface area contributed by atoms with Crippen LogP contribution in [-0.4, -0.2) is 35.0 Å². The summed E-state index contributed by atoms with van der Waals surface area (Å²) in [4.78, 5) is 25.6. The van der Waals surface area contributed by atoms with Gasteiger partial charge in [-0.25, -0.2) is 0 Å². The predicted octanol–water partition coefficient (Wildman–Crippen LogP) is 3.46. The number of hydrogen-bond donors (Lipinski definition) is 1. The molecule has 0 spiro atoms. The van der Waals surface area contributed by atoms with E-state index in [1.165, 1.54) is 0 Å². The van der Waals surface area contributed by atoms with E-state index in [0.717, 1.165) is 14.9 Å². The molecular weight excluding hydrogens is 389 g/mol. The second-order valence-corrected chi connectivity index (χ2v) is 8.07. The molecule has 1 aromatic rings. The van der Waals surface area contributed by atoms with Gasteiger partial charge in [0, 0.05) is 18.5 Å². The van der Waals surface area contributed by atoms with Crippen LogP contribution in [0.1, 0.15) is 43.0 Å². The number of carboxylic acid groups (broad SMARTS) is 1. The monoisotopic (exact) mass is 407 g/mol. The molecule has 1 aliphatic heterocycles. The number of halogens is 1. The number of carboxylic acids is 1. The van der Waals surface area contributed by atoms with Gasteiger partial charge in [0.25, 0.3) is 5.91 Å². The summed E-state index contributed by atoms with van der Waals surface area (Å²) in [5.74, 6) is -0.684. The molecule has 110 valence electrons. The van der Waals surface area contributed by atoms with Crippen LogP contribution in [0, 0.1) is 8.30 Å². The van der Waals surface area contributed by atoms with Gasteiger partial charge < -0.3 is 10.0 Å². The maximum Gasteiger partial charge on any atom is 0.309 e. The summed E-state index contributed by atoms with van der Waals surface area (Å²) in [6.45, 7) is 3.09. The van der Waals surface area contributed by atoms with Gasteiger partial charge in [-0.3, -0.25) is 9.59 Å². The number of carbonyl (C=O) groups is 2. The zero-order chi connectivity index (χ0) is 14.8. The molecule has 0 atom stereocenters. The Labute approximate surface area is 136 Å². The highest BCUT2D eigenvalue weighted by Gasteiger charge is 2.41. The molecule has 0 bridgehead atoms. The van der Waals surface area contributed by atoms with Crippen LogP contribution in [0.5, 0.6) is 0 Å². The molecule has 0 radical (unpaired) electrons. The van der Waals surface area contributed by atoms with E-state index in [-0.39, 0.29) is 5.91 Å². The number of nitrogens with zero attached hydrogens (tertiary/aromatic N) is 1. The summed E-state index contributed by atoms with van der Waals surface area (Å²) in [6, 6.07) is 1.89. The Hall–Kier alpha value is -0.630. The molecule has 20 heavy (non-hydrogen) atoms. The molecule has 4 nitrogen and oxygen atoms in total. The van der Waals surface area contributed by atoms with E-state index in [9.17, 15) is 14.7 Å². The number of likely N-dealkylation sites (tertiary alicyclic amines) is 1. The Morgan fingerprint density at radius 1 is 1.45 bits per heavy atom. The van der Waals surface area contributed by atoms with Crippen molar-refractivity contribution >= 4 is 45.8 Å². The zero-order valence-electron chi connectivity index (χ0n) is 11.4. The van der Waals surface area contributed by atoms with Gasteiger partial charge in [0.05, 0.1) is 13.9 Å². The maximum absolute atomic E-state index is 12.3. The SMILES string of the molecule is CCCC1(C(=O)O)CCN(C(=O)c2csc(I)c2)CC1. The van der Waals surface area contributed by atoms with Crippen LogP contribution in [-0.2, 0) is 4.79 Å². The molecule has 1 amide bonds. The van der Waals surface area contributed by atoms with Gasteiger partial charge >= 0.3 is 5.97 Å². The van der Waals surface area contributed by atoms with Crippen LogP contribution in [0.4, 0.5) is 0 Å². The highest BCUT2D eigenvalue weighted by Crippen LogP contribution is 2.37. The van der Waals surface area contributed by atoms with Crippen LogP contribution < -0.4 is 0 Å². The first-order valence-electron chi connectivity index (χ1n) is 6.75. The van der Waals surface area contributed by atoms with Gasteiger partial charge in [0.2, 0.25) is 0 Å². The standard InChI is InChI=1S/C14H18INO3S/c1-2-3-14(13(18)19)4-6-16(7-5-14)12(17)10-8-11(15)20-9-10/h8-9H,2-7H2,1H3,(H,18,19). The number of rotatable bonds is 4. The van der Waals surface area contributed by atoms with Crippen LogP contribution in [0.3, 0.4) is 0 Å². The van der Waals surface area contributed by atoms with E-state index < -0.39 is 11.4 Å². The fourth-order valence-corrected chi connectivity index (χ4v) is 4.11. The van der Waals surface area contributed by atoms with E-state index in [4.69, 9.17) is 0 Å². The summed E-state index contributed by atoms with van der Waals surface area (Å²) in [7, 11) is 0. The zero-order valence-corrected chi connectivity index (χ0v) is 14.4. The van der Waals surface area contributed by atoms with Crippen LogP contribution >= 0.6 is 33.9 Å².